The van der Waals surface area contributed by atoms with Gasteiger partial charge in [-0.2, -0.15) is 4.31 Å². The summed E-state index contributed by atoms with van der Waals surface area (Å²) >= 11 is 1.42. The van der Waals surface area contributed by atoms with Gasteiger partial charge in [0.2, 0.25) is 11.8 Å². The van der Waals surface area contributed by atoms with Crippen LogP contribution in [0.2, 0.25) is 0 Å². The highest BCUT2D eigenvalue weighted by molar-refractivity contribution is 8.08. The third-order valence-electron chi connectivity index (χ3n) is 7.73. The second-order valence-electron chi connectivity index (χ2n) is 12.8. The van der Waals surface area contributed by atoms with E-state index in [1.807, 2.05) is 0 Å². The number of carbonyl (C=O) groups excluding carboxylic acids is 2. The zero-order valence-electron chi connectivity index (χ0n) is 28.5. The monoisotopic (exact) mass is 871 g/mol. The number of imidazole rings is 1. The van der Waals surface area contributed by atoms with Crippen LogP contribution in [-0.2, 0) is 55.7 Å². The molecule has 0 radical (unpaired) electrons. The van der Waals surface area contributed by atoms with Crippen molar-refractivity contribution in [3.8, 4) is 0 Å². The lowest BCUT2D eigenvalue weighted by molar-refractivity contribution is -0.137. The zero-order valence-corrected chi connectivity index (χ0v) is 32.9. The first-order chi connectivity index (χ1) is 24.8. The van der Waals surface area contributed by atoms with Crippen molar-refractivity contribution in [2.75, 3.05) is 44.0 Å². The van der Waals surface area contributed by atoms with Crippen LogP contribution in [0.5, 0.6) is 0 Å². The Morgan fingerprint density at radius 2 is 1.76 bits per heavy atom. The lowest BCUT2D eigenvalue weighted by atomic mass is 9.87. The summed E-state index contributed by atoms with van der Waals surface area (Å²) in [6.07, 6.45) is -5.84. The first-order valence-corrected chi connectivity index (χ1v) is 23.0. The molecule has 0 aromatic carbocycles. The molecular weight excluding hydrogens is 831 g/mol. The number of aliphatic hydroxyl groups is 2. The minimum absolute atomic E-state index is 0.00101. The van der Waals surface area contributed by atoms with E-state index in [9.17, 15) is 61.5 Å². The van der Waals surface area contributed by atoms with Crippen molar-refractivity contribution in [3.05, 3.63) is 12.7 Å². The number of thioether (sulfide) groups is 1. The van der Waals surface area contributed by atoms with Gasteiger partial charge in [-0.1, -0.05) is 13.8 Å². The predicted molar refractivity (Wildman–Crippen MR) is 185 cm³/mol. The maximum Gasteiger partial charge on any atom is 0.481 e. The van der Waals surface area contributed by atoms with Crippen LogP contribution in [-0.4, -0.2) is 143 Å². The maximum atomic E-state index is 12.6. The minimum Gasteiger partial charge on any atom is -0.386 e. The van der Waals surface area contributed by atoms with Crippen molar-refractivity contribution < 1.29 is 84.1 Å². The van der Waals surface area contributed by atoms with Crippen molar-refractivity contribution in [2.24, 2.45) is 5.41 Å². The Labute approximate surface area is 311 Å². The summed E-state index contributed by atoms with van der Waals surface area (Å²) in [6.45, 7) is 0.475. The van der Waals surface area contributed by atoms with E-state index < -0.39 is 94.4 Å². The number of nitrogen functional groups attached to an aromatic ring is 1. The molecule has 10 N–H and O–H groups in total. The molecule has 0 saturated carbocycles. The Morgan fingerprint density at radius 1 is 1.09 bits per heavy atom. The molecule has 0 bridgehead atoms. The summed E-state index contributed by atoms with van der Waals surface area (Å²) < 4.78 is 84.7. The summed E-state index contributed by atoms with van der Waals surface area (Å²) in [5.74, 6) is -1.48. The average molecular weight is 872 g/mol. The van der Waals surface area contributed by atoms with Crippen LogP contribution < -0.4 is 16.4 Å². The smallest absolute Gasteiger partial charge is 0.386 e. The van der Waals surface area contributed by atoms with Crippen molar-refractivity contribution in [3.63, 3.8) is 0 Å². The quantitative estimate of drug-likeness (QED) is 0.0510. The molecule has 3 unspecified atom stereocenters. The number of fused-ring (bicyclic) bond motifs is 1. The van der Waals surface area contributed by atoms with E-state index in [1.54, 1.807) is 0 Å². The molecule has 4 heterocycles. The summed E-state index contributed by atoms with van der Waals surface area (Å²) in [5, 5.41) is 26.2. The van der Waals surface area contributed by atoms with Gasteiger partial charge in [-0.3, -0.25) is 27.7 Å². The van der Waals surface area contributed by atoms with E-state index >= 15 is 0 Å². The average Bonchev–Trinajstić information content (AvgIpc) is 3.48. The molecule has 2 amide bonds. The highest BCUT2D eigenvalue weighted by Crippen LogP contribution is 2.61. The molecular formula is C24H40N7O18P3S2. The molecule has 2 fully saturated rings. The number of nitrogens with one attached hydrogen (secondary N) is 2. The lowest BCUT2D eigenvalue weighted by Gasteiger charge is -2.30. The van der Waals surface area contributed by atoms with E-state index in [2.05, 4.69) is 34.4 Å². The molecule has 4 rings (SSSR count). The Balaban J connectivity index is 1.26. The first-order valence-electron chi connectivity index (χ1n) is 15.5. The second kappa shape index (κ2) is 17.1. The highest BCUT2D eigenvalue weighted by Gasteiger charge is 2.50. The number of phosphoric acid groups is 3. The molecule has 2 aromatic heterocycles. The van der Waals surface area contributed by atoms with Gasteiger partial charge in [0.1, 0.15) is 46.1 Å². The van der Waals surface area contributed by atoms with Crippen LogP contribution in [0.3, 0.4) is 0 Å². The third kappa shape index (κ3) is 12.7. The third-order valence-corrected chi connectivity index (χ3v) is 13.4. The predicted octanol–water partition coefficient (Wildman–Crippen LogP) is -2.07. The van der Waals surface area contributed by atoms with Crippen LogP contribution in [0.25, 0.3) is 11.2 Å². The molecule has 306 valence electrons. The van der Waals surface area contributed by atoms with Gasteiger partial charge in [-0.05, 0) is 0 Å². The van der Waals surface area contributed by atoms with Gasteiger partial charge in [0.15, 0.2) is 17.7 Å². The summed E-state index contributed by atoms with van der Waals surface area (Å²) in [7, 11) is -19.5. The van der Waals surface area contributed by atoms with Crippen molar-refractivity contribution in [1.29, 1.82) is 0 Å². The molecule has 30 heteroatoms. The standard InChI is InChI=1S/C24H40N7O18P3S2/c1-24(2,19(34)22(35)26-5-4-15(32)27-6-13-14(53-13)8-54(3,43)44)9-46-52(41,42)49-51(39,40)45-7-12-18(48-50(36,37)38)17(33)23(47-12)31-11-30-16-20(25)28-10-29-21(16)31/h10-14,17-19,23,33-34H,4-9H2,1-3H3,(H,26,35)(H,27,32)(H,39,40)(H,41,42)(H2,25,28,29)(H2,36,37,38)/t12-,13-,14?,17-,18-,19+,23-/m1/s1. The van der Waals surface area contributed by atoms with E-state index in [4.69, 9.17) is 19.5 Å². The van der Waals surface area contributed by atoms with Crippen molar-refractivity contribution >= 4 is 73.9 Å². The Hall–Kier alpha value is -2.16. The molecule has 54 heavy (non-hydrogen) atoms. The Kier molecular flexibility index (Phi) is 14.1. The largest absolute Gasteiger partial charge is 0.481 e. The number of carbonyl (C=O) groups is 2. The fraction of sp³-hybridized carbons (Fsp3) is 0.708. The summed E-state index contributed by atoms with van der Waals surface area (Å²) in [4.78, 5) is 75.5. The number of nitrogens with two attached hydrogens (primary N) is 1. The highest BCUT2D eigenvalue weighted by atomic mass is 32.2. The first kappa shape index (κ1) is 44.6. The van der Waals surface area contributed by atoms with Crippen LogP contribution in [0, 0.1) is 5.41 Å². The van der Waals surface area contributed by atoms with E-state index in [0.717, 1.165) is 23.5 Å². The number of hydrogen-bond acceptors (Lipinski definition) is 19. The van der Waals surface area contributed by atoms with Gasteiger partial charge in [0.05, 0.1) is 25.3 Å². The summed E-state index contributed by atoms with van der Waals surface area (Å²) in [5.41, 5.74) is 4.24. The topological polar surface area (TPSA) is 381 Å². The fourth-order valence-electron chi connectivity index (χ4n) is 4.96. The van der Waals surface area contributed by atoms with E-state index in [1.165, 1.54) is 25.6 Å². The molecule has 9 atom stereocenters. The molecule has 2 aliphatic rings. The molecule has 2 saturated heterocycles. The van der Waals surface area contributed by atoms with Crippen molar-refractivity contribution in [2.45, 2.75) is 61.4 Å². The number of anilines is 1. The number of nitrogens with zero attached hydrogens (tertiary/aromatic N) is 4. The SMILES string of the molecule is CC(C)(COP(=O)(O)OP(=O)(O)OC[C@H]1O[C@@H](n2cnc3c(N)ncnc32)[C@H](O)[C@@H]1OP(=O)(O)O)[C@@H](O)C(=O)NCCC(=O)NC[C@H]1SC1CS(C)(=O)=O. The molecule has 0 spiro atoms. The minimum atomic E-state index is -5.57. The van der Waals surface area contributed by atoms with E-state index in [0.29, 0.717) is 0 Å². The van der Waals surface area contributed by atoms with Gasteiger partial charge < -0.3 is 50.9 Å². The zero-order chi connectivity index (χ0) is 40.4. The molecule has 25 nitrogen and oxygen atoms in total. The number of ether oxygens (including phenoxy) is 1. The number of aliphatic hydroxyl groups excluding tert-OH is 2. The fourth-order valence-corrected chi connectivity index (χ4v) is 10.5. The molecule has 2 aliphatic heterocycles. The number of phosphoric ester groups is 3. The second-order valence-corrected chi connectivity index (χ2v) is 20.7. The summed E-state index contributed by atoms with van der Waals surface area (Å²) in [6, 6.07) is 0. The number of aromatic nitrogens is 4. The number of hydrogen-bond donors (Lipinski definition) is 9. The maximum absolute atomic E-state index is 12.6. The lowest BCUT2D eigenvalue weighted by Crippen LogP contribution is -2.46. The van der Waals surface area contributed by atoms with Gasteiger partial charge in [0.25, 0.3) is 0 Å². The molecule has 2 aromatic rings. The van der Waals surface area contributed by atoms with Crippen LogP contribution in [0.4, 0.5) is 5.82 Å². The normalized spacial score (nSPS) is 26.2. The van der Waals surface area contributed by atoms with Crippen LogP contribution >= 0.6 is 35.2 Å². The van der Waals surface area contributed by atoms with Gasteiger partial charge in [0, 0.05) is 41.7 Å². The van der Waals surface area contributed by atoms with E-state index in [-0.39, 0.29) is 52.7 Å². The van der Waals surface area contributed by atoms with Gasteiger partial charge >= 0.3 is 23.5 Å². The Bertz CT molecular complexity index is 1950. The number of rotatable bonds is 20. The number of amides is 2. The van der Waals surface area contributed by atoms with Crippen LogP contribution in [0.1, 0.15) is 26.5 Å². The molecule has 0 aliphatic carbocycles. The Morgan fingerprint density at radius 3 is 2.41 bits per heavy atom. The number of sulfone groups is 1. The van der Waals surface area contributed by atoms with Gasteiger partial charge in [-0.25, -0.2) is 37.1 Å². The van der Waals surface area contributed by atoms with Crippen LogP contribution in [0.15, 0.2) is 12.7 Å². The van der Waals surface area contributed by atoms with Gasteiger partial charge in [-0.15, -0.1) is 11.8 Å². The van der Waals surface area contributed by atoms with Crippen molar-refractivity contribution in [1.82, 2.24) is 30.2 Å².